The van der Waals surface area contributed by atoms with Crippen LogP contribution in [0, 0.1) is 5.92 Å². The first kappa shape index (κ1) is 18.6. The van der Waals surface area contributed by atoms with E-state index in [0.717, 1.165) is 0 Å². The molecule has 1 aromatic rings. The second kappa shape index (κ2) is 7.33. The summed E-state index contributed by atoms with van der Waals surface area (Å²) in [6.45, 7) is 6.53. The third-order valence-electron chi connectivity index (χ3n) is 5.63. The molecule has 2 fully saturated rings. The molecule has 8 nitrogen and oxygen atoms in total. The van der Waals surface area contributed by atoms with E-state index in [4.69, 9.17) is 9.47 Å². The van der Waals surface area contributed by atoms with E-state index in [2.05, 4.69) is 0 Å². The van der Waals surface area contributed by atoms with Crippen molar-refractivity contribution in [2.75, 3.05) is 39.5 Å². The van der Waals surface area contributed by atoms with E-state index < -0.39 is 0 Å². The molecule has 8 heteroatoms. The van der Waals surface area contributed by atoms with E-state index in [0.29, 0.717) is 49.8 Å². The van der Waals surface area contributed by atoms with Crippen LogP contribution in [0.1, 0.15) is 30.6 Å². The summed E-state index contributed by atoms with van der Waals surface area (Å²) < 4.78 is 10.6. The zero-order valence-electron chi connectivity index (χ0n) is 16.2. The number of hydrogen-bond acceptors (Lipinski definition) is 5. The van der Waals surface area contributed by atoms with Crippen molar-refractivity contribution < 1.29 is 23.9 Å². The van der Waals surface area contributed by atoms with Crippen LogP contribution in [0.3, 0.4) is 0 Å². The molecule has 2 saturated heterocycles. The molecule has 0 spiro atoms. The van der Waals surface area contributed by atoms with Crippen molar-refractivity contribution in [2.24, 2.45) is 5.92 Å². The minimum Gasteiger partial charge on any atom is -0.454 e. The van der Waals surface area contributed by atoms with Gasteiger partial charge in [0.2, 0.25) is 18.6 Å². The fourth-order valence-corrected chi connectivity index (χ4v) is 4.00. The van der Waals surface area contributed by atoms with Gasteiger partial charge in [-0.3, -0.25) is 14.4 Å². The highest BCUT2D eigenvalue weighted by Gasteiger charge is 2.38. The van der Waals surface area contributed by atoms with E-state index in [-0.39, 0.29) is 42.9 Å². The Bertz CT molecular complexity index is 801. The molecule has 0 N–H and O–H groups in total. The normalized spacial score (nSPS) is 21.6. The number of nitrogens with zero attached hydrogens (tertiary/aromatic N) is 3. The van der Waals surface area contributed by atoms with Crippen LogP contribution in [0.2, 0.25) is 0 Å². The van der Waals surface area contributed by atoms with Crippen LogP contribution in [0.25, 0.3) is 0 Å². The summed E-state index contributed by atoms with van der Waals surface area (Å²) in [6, 6.07) is 5.29. The van der Waals surface area contributed by atoms with Crippen LogP contribution in [0.4, 0.5) is 0 Å². The first-order valence-corrected chi connectivity index (χ1v) is 9.71. The van der Waals surface area contributed by atoms with Crippen LogP contribution in [0.5, 0.6) is 11.5 Å². The van der Waals surface area contributed by atoms with Crippen molar-refractivity contribution in [1.29, 1.82) is 0 Å². The molecule has 3 heterocycles. The van der Waals surface area contributed by atoms with Gasteiger partial charge in [0.05, 0.1) is 5.92 Å². The number of piperazine rings is 1. The van der Waals surface area contributed by atoms with E-state index >= 15 is 0 Å². The number of fused-ring (bicyclic) bond motifs is 1. The molecule has 28 heavy (non-hydrogen) atoms. The van der Waals surface area contributed by atoms with Gasteiger partial charge in [0, 0.05) is 50.7 Å². The van der Waals surface area contributed by atoms with Gasteiger partial charge in [0.25, 0.3) is 5.91 Å². The number of benzene rings is 1. The predicted octanol–water partition coefficient (Wildman–Crippen LogP) is 0.957. The number of amides is 3. The Hall–Kier alpha value is -2.77. The number of hydrogen-bond donors (Lipinski definition) is 0. The molecule has 3 aliphatic rings. The maximum absolute atomic E-state index is 12.8. The lowest BCUT2D eigenvalue weighted by atomic mass is 10.1. The molecule has 1 unspecified atom stereocenters. The summed E-state index contributed by atoms with van der Waals surface area (Å²) in [5.41, 5.74) is 0.554. The number of carbonyl (C=O) groups is 3. The van der Waals surface area contributed by atoms with Crippen molar-refractivity contribution in [1.82, 2.24) is 14.7 Å². The first-order chi connectivity index (χ1) is 13.4. The second-order valence-electron chi connectivity index (χ2n) is 7.73. The number of carbonyl (C=O) groups excluding carboxylic acids is 3. The molecule has 3 amide bonds. The van der Waals surface area contributed by atoms with Crippen molar-refractivity contribution in [3.63, 3.8) is 0 Å². The zero-order valence-corrected chi connectivity index (χ0v) is 16.2. The van der Waals surface area contributed by atoms with Crippen molar-refractivity contribution in [2.45, 2.75) is 26.3 Å². The van der Waals surface area contributed by atoms with E-state index in [1.807, 2.05) is 13.8 Å². The maximum atomic E-state index is 12.8. The van der Waals surface area contributed by atoms with E-state index in [9.17, 15) is 14.4 Å². The largest absolute Gasteiger partial charge is 0.454 e. The van der Waals surface area contributed by atoms with Gasteiger partial charge >= 0.3 is 0 Å². The Balaban J connectivity index is 1.34. The Kier molecular flexibility index (Phi) is 4.87. The van der Waals surface area contributed by atoms with Crippen molar-refractivity contribution in [3.8, 4) is 11.5 Å². The van der Waals surface area contributed by atoms with Gasteiger partial charge in [-0.05, 0) is 32.0 Å². The monoisotopic (exact) mass is 387 g/mol. The summed E-state index contributed by atoms with van der Waals surface area (Å²) in [5, 5.41) is 0. The molecule has 3 aliphatic heterocycles. The molecule has 1 aromatic carbocycles. The highest BCUT2D eigenvalue weighted by molar-refractivity contribution is 5.95. The van der Waals surface area contributed by atoms with Crippen molar-refractivity contribution >= 4 is 17.7 Å². The minimum atomic E-state index is -0.272. The smallest absolute Gasteiger partial charge is 0.254 e. The third-order valence-corrected chi connectivity index (χ3v) is 5.63. The van der Waals surface area contributed by atoms with Crippen LogP contribution >= 0.6 is 0 Å². The lowest BCUT2D eigenvalue weighted by Gasteiger charge is -2.36. The van der Waals surface area contributed by atoms with E-state index in [1.54, 1.807) is 32.9 Å². The molecule has 0 aromatic heterocycles. The van der Waals surface area contributed by atoms with Gasteiger partial charge in [0.15, 0.2) is 11.5 Å². The fourth-order valence-electron chi connectivity index (χ4n) is 4.00. The first-order valence-electron chi connectivity index (χ1n) is 9.71. The Morgan fingerprint density at radius 2 is 1.71 bits per heavy atom. The lowest BCUT2D eigenvalue weighted by Crippen LogP contribution is -2.52. The molecule has 0 radical (unpaired) electrons. The predicted molar refractivity (Wildman–Crippen MR) is 100 cm³/mol. The maximum Gasteiger partial charge on any atom is 0.254 e. The second-order valence-corrected chi connectivity index (χ2v) is 7.73. The van der Waals surface area contributed by atoms with Gasteiger partial charge in [-0.25, -0.2) is 0 Å². The summed E-state index contributed by atoms with van der Waals surface area (Å²) in [7, 11) is 0. The van der Waals surface area contributed by atoms with Gasteiger partial charge in [-0.2, -0.15) is 0 Å². The number of likely N-dealkylation sites (tertiary alicyclic amines) is 1. The van der Waals surface area contributed by atoms with Crippen LogP contribution in [-0.4, -0.2) is 78.0 Å². The van der Waals surface area contributed by atoms with Crippen LogP contribution in [-0.2, 0) is 9.59 Å². The highest BCUT2D eigenvalue weighted by atomic mass is 16.7. The topological polar surface area (TPSA) is 79.4 Å². The Labute approximate surface area is 164 Å². The van der Waals surface area contributed by atoms with Gasteiger partial charge < -0.3 is 24.2 Å². The van der Waals surface area contributed by atoms with Crippen LogP contribution in [0.15, 0.2) is 18.2 Å². The van der Waals surface area contributed by atoms with Crippen LogP contribution < -0.4 is 9.47 Å². The molecule has 1 atom stereocenters. The van der Waals surface area contributed by atoms with Gasteiger partial charge in [0.1, 0.15) is 0 Å². The molecular formula is C20H25N3O5. The quantitative estimate of drug-likeness (QED) is 0.772. The average Bonchev–Trinajstić information content (AvgIpc) is 3.32. The summed E-state index contributed by atoms with van der Waals surface area (Å²) in [4.78, 5) is 42.9. The summed E-state index contributed by atoms with van der Waals surface area (Å²) in [6.07, 6.45) is 0.285. The van der Waals surface area contributed by atoms with Gasteiger partial charge in [-0.1, -0.05) is 0 Å². The molecular weight excluding hydrogens is 362 g/mol. The summed E-state index contributed by atoms with van der Waals surface area (Å²) in [5.74, 6) is 0.948. The lowest BCUT2D eigenvalue weighted by molar-refractivity contribution is -0.137. The minimum absolute atomic E-state index is 0.0201. The van der Waals surface area contributed by atoms with E-state index in [1.165, 1.54) is 0 Å². The number of ether oxygens (including phenoxy) is 2. The average molecular weight is 387 g/mol. The third kappa shape index (κ3) is 3.39. The van der Waals surface area contributed by atoms with Gasteiger partial charge in [-0.15, -0.1) is 0 Å². The Morgan fingerprint density at radius 3 is 2.39 bits per heavy atom. The standard InChI is InChI=1S/C20H25N3O5/c1-13(2)23-11-15(10-18(23)24)20(26)22-7-5-21(6-8-22)19(25)14-3-4-16-17(9-14)28-12-27-16/h3-4,9,13,15H,5-8,10-12H2,1-2H3. The Morgan fingerprint density at radius 1 is 1.04 bits per heavy atom. The molecule has 4 rings (SSSR count). The zero-order chi connectivity index (χ0) is 19.8. The fraction of sp³-hybridized carbons (Fsp3) is 0.550. The number of rotatable bonds is 3. The molecule has 0 saturated carbocycles. The molecule has 0 bridgehead atoms. The molecule has 0 aliphatic carbocycles. The SMILES string of the molecule is CC(C)N1CC(C(=O)N2CCN(C(=O)c3ccc4c(c3)OCO4)CC2)CC1=O. The summed E-state index contributed by atoms with van der Waals surface area (Å²) >= 11 is 0. The highest BCUT2D eigenvalue weighted by Crippen LogP contribution is 2.33. The van der Waals surface area contributed by atoms with Crippen molar-refractivity contribution in [3.05, 3.63) is 23.8 Å². The molecule has 150 valence electrons.